The zero-order chi connectivity index (χ0) is 24.8. The third-order valence-electron chi connectivity index (χ3n) is 6.82. The molecule has 3 aliphatic carbocycles. The summed E-state index contributed by atoms with van der Waals surface area (Å²) < 4.78 is 1.72. The van der Waals surface area contributed by atoms with E-state index in [1.165, 1.54) is 71.9 Å². The van der Waals surface area contributed by atoms with Crippen LogP contribution in [0.15, 0.2) is 48.6 Å². The normalized spacial score (nSPS) is 15.7. The van der Waals surface area contributed by atoms with Gasteiger partial charge >= 0.3 is 62.3 Å². The molecule has 0 amide bonds. The topological polar surface area (TPSA) is 0 Å². The molecule has 0 bridgehead atoms. The standard InChI is InChI=1S/C21H25.C7H12.C5H5.2ClH.Ti/c1-20(2,3)16-9-7-14-11-15-8-10-17(21(4,5)6)13-19(15)18(14)12-16;1-2-4-6-7-5-3-1;1-2-4-5-3-1;;;/h7,9-10,12-13H,11H2,1-6H3;1-6H2;1-3H,4H2;2*1H;/q-1;;-1;;;+2/p-2. The van der Waals surface area contributed by atoms with Crippen LogP contribution in [0.3, 0.4) is 0 Å². The van der Waals surface area contributed by atoms with Crippen LogP contribution in [0.5, 0.6) is 0 Å². The number of allylic oxidation sites excluding steroid dienone is 4. The van der Waals surface area contributed by atoms with Crippen molar-refractivity contribution in [1.29, 1.82) is 0 Å². The summed E-state index contributed by atoms with van der Waals surface area (Å²) in [5.41, 5.74) is 8.76. The molecule has 36 heavy (non-hydrogen) atoms. The maximum atomic E-state index is 3.53. The van der Waals surface area contributed by atoms with E-state index in [4.69, 9.17) is 0 Å². The summed E-state index contributed by atoms with van der Waals surface area (Å²) in [4.78, 5) is 0. The van der Waals surface area contributed by atoms with Gasteiger partial charge in [0.25, 0.3) is 0 Å². The van der Waals surface area contributed by atoms with Gasteiger partial charge in [0.15, 0.2) is 0 Å². The molecule has 0 radical (unpaired) electrons. The first kappa shape index (κ1) is 33.1. The Morgan fingerprint density at radius 3 is 1.89 bits per heavy atom. The molecule has 0 heterocycles. The van der Waals surface area contributed by atoms with Crippen LogP contribution in [0.2, 0.25) is 0 Å². The number of halogens is 2. The van der Waals surface area contributed by atoms with Crippen molar-refractivity contribution in [2.45, 2.75) is 104 Å². The van der Waals surface area contributed by atoms with Gasteiger partial charge in [0.1, 0.15) is 0 Å². The van der Waals surface area contributed by atoms with Crippen molar-refractivity contribution in [3.8, 4) is 11.1 Å². The first-order valence-corrected chi connectivity index (χ1v) is 13.8. The monoisotopic (exact) mass is 556 g/mol. The molecule has 0 aliphatic heterocycles. The van der Waals surface area contributed by atoms with E-state index in [0.29, 0.717) is 0 Å². The first-order chi connectivity index (χ1) is 16.1. The van der Waals surface area contributed by atoms with Gasteiger partial charge in [0, 0.05) is 0 Å². The Balaban J connectivity index is 0.000000356. The van der Waals surface area contributed by atoms with Crippen molar-refractivity contribution in [3.05, 3.63) is 83.0 Å². The molecular weight excluding hydrogens is 515 g/mol. The molecule has 194 valence electrons. The Hall–Kier alpha value is -0.916. The van der Waals surface area contributed by atoms with Gasteiger partial charge in [-0.05, 0) is 17.4 Å². The Labute approximate surface area is 245 Å². The first-order valence-electron chi connectivity index (χ1n) is 13.0. The Kier molecular flexibility index (Phi) is 13.7. The van der Waals surface area contributed by atoms with Gasteiger partial charge in [-0.2, -0.15) is 35.4 Å². The Morgan fingerprint density at radius 1 is 0.778 bits per heavy atom. The van der Waals surface area contributed by atoms with Gasteiger partial charge in [0.2, 0.25) is 0 Å². The van der Waals surface area contributed by atoms with Crippen molar-refractivity contribution in [1.82, 2.24) is 0 Å². The third-order valence-corrected chi connectivity index (χ3v) is 7.60. The van der Waals surface area contributed by atoms with Gasteiger partial charge in [-0.25, -0.2) is 12.2 Å². The molecule has 5 rings (SSSR count). The van der Waals surface area contributed by atoms with E-state index in [9.17, 15) is 0 Å². The molecule has 3 heteroatoms. The molecule has 2 aromatic rings. The van der Waals surface area contributed by atoms with Crippen molar-refractivity contribution in [3.63, 3.8) is 0 Å². The van der Waals surface area contributed by atoms with E-state index < -0.39 is 0 Å². The summed E-state index contributed by atoms with van der Waals surface area (Å²) in [5.74, 6) is 0. The van der Waals surface area contributed by atoms with E-state index in [0.717, 1.165) is 12.8 Å². The minimum absolute atomic E-state index is 0. The SMILES string of the molecule is CC(C)(C)c1c[c-]c2c(c1)-c1cc(C(C)(C)C)ccc1C2.[C-]1=CC=CC1.[Cl-].[Cl-].[Ti+2]=[C]1CCCCCC1. The summed E-state index contributed by atoms with van der Waals surface area (Å²) in [6, 6.07) is 15.1. The number of hydrogen-bond donors (Lipinski definition) is 0. The van der Waals surface area contributed by atoms with Gasteiger partial charge in [-0.1, -0.05) is 76.3 Å². The Morgan fingerprint density at radius 2 is 1.39 bits per heavy atom. The molecule has 0 saturated heterocycles. The molecule has 1 saturated carbocycles. The fourth-order valence-corrected chi connectivity index (χ4v) is 5.03. The zero-order valence-corrected chi connectivity index (χ0v) is 26.1. The molecule has 0 spiro atoms. The number of rotatable bonds is 0. The van der Waals surface area contributed by atoms with Crippen LogP contribution in [0.1, 0.15) is 109 Å². The fraction of sp³-hybridized carbons (Fsp3) is 0.485. The predicted octanol–water partition coefficient (Wildman–Crippen LogP) is 3.03. The second-order valence-electron chi connectivity index (χ2n) is 11.9. The fourth-order valence-electron chi connectivity index (χ4n) is 4.48. The van der Waals surface area contributed by atoms with Crippen LogP contribution in [-0.2, 0) is 37.2 Å². The van der Waals surface area contributed by atoms with Crippen LogP contribution in [0, 0.1) is 12.1 Å². The molecular formula is C33H42Cl2Ti-2. The summed E-state index contributed by atoms with van der Waals surface area (Å²) in [6.45, 7) is 13.6. The molecule has 0 nitrogen and oxygen atoms in total. The summed E-state index contributed by atoms with van der Waals surface area (Å²) in [7, 11) is 0. The third kappa shape index (κ3) is 9.76. The van der Waals surface area contributed by atoms with Gasteiger partial charge in [-0.3, -0.25) is 6.08 Å². The van der Waals surface area contributed by atoms with Crippen LogP contribution in [0.25, 0.3) is 11.1 Å². The van der Waals surface area contributed by atoms with Crippen molar-refractivity contribution in [2.24, 2.45) is 0 Å². The summed E-state index contributed by atoms with van der Waals surface area (Å²) >= 11 is 2.30. The molecule has 0 atom stereocenters. The number of hydrogen-bond acceptors (Lipinski definition) is 0. The predicted molar refractivity (Wildman–Crippen MR) is 145 cm³/mol. The van der Waals surface area contributed by atoms with E-state index in [1.807, 2.05) is 12.2 Å². The van der Waals surface area contributed by atoms with Gasteiger partial charge in [0.05, 0.1) is 0 Å². The Bertz CT molecular complexity index is 967. The second kappa shape index (κ2) is 14.9. The zero-order valence-electron chi connectivity index (χ0n) is 23.0. The molecule has 0 unspecified atom stereocenters. The van der Waals surface area contributed by atoms with Crippen LogP contribution < -0.4 is 24.8 Å². The maximum absolute atomic E-state index is 3.53. The number of fused-ring (bicyclic) bond motifs is 3. The molecule has 2 aromatic carbocycles. The van der Waals surface area contributed by atoms with Crippen molar-refractivity contribution >= 4 is 3.81 Å². The van der Waals surface area contributed by atoms with E-state index in [-0.39, 0.29) is 35.6 Å². The van der Waals surface area contributed by atoms with Crippen molar-refractivity contribution < 1.29 is 44.8 Å². The molecule has 0 N–H and O–H groups in total. The van der Waals surface area contributed by atoms with E-state index in [2.05, 4.69) is 110 Å². The van der Waals surface area contributed by atoms with Gasteiger partial charge < -0.3 is 24.8 Å². The van der Waals surface area contributed by atoms with E-state index >= 15 is 0 Å². The van der Waals surface area contributed by atoms with Crippen LogP contribution in [-0.4, -0.2) is 3.81 Å². The van der Waals surface area contributed by atoms with Crippen LogP contribution >= 0.6 is 0 Å². The van der Waals surface area contributed by atoms with Gasteiger partial charge in [-0.15, -0.1) is 12.0 Å². The van der Waals surface area contributed by atoms with Crippen molar-refractivity contribution in [2.75, 3.05) is 0 Å². The number of benzene rings is 2. The molecule has 1 fully saturated rings. The quantitative estimate of drug-likeness (QED) is 0.227. The summed E-state index contributed by atoms with van der Waals surface area (Å²) in [6.07, 6.45) is 19.7. The molecule has 0 aromatic heterocycles. The molecule has 3 aliphatic rings. The minimum atomic E-state index is 0. The van der Waals surface area contributed by atoms with E-state index in [1.54, 1.807) is 3.81 Å². The van der Waals surface area contributed by atoms with Crippen LogP contribution in [0.4, 0.5) is 0 Å². The second-order valence-corrected chi connectivity index (χ2v) is 13.0. The average Bonchev–Trinajstić information content (AvgIpc) is 3.41. The average molecular weight is 557 g/mol. The summed E-state index contributed by atoms with van der Waals surface area (Å²) in [5, 5.41) is 0.